The fourth-order valence-corrected chi connectivity index (χ4v) is 12.5. The highest BCUT2D eigenvalue weighted by molar-refractivity contribution is 7.93. The van der Waals surface area contributed by atoms with Crippen molar-refractivity contribution in [2.24, 2.45) is 10.3 Å². The number of benzene rings is 2. The van der Waals surface area contributed by atoms with Crippen LogP contribution in [0.2, 0.25) is 0 Å². The predicted octanol–water partition coefficient (Wildman–Crippen LogP) is 10.5. The Bertz CT molecular complexity index is 3900. The molecule has 1 aliphatic carbocycles. The van der Waals surface area contributed by atoms with E-state index in [4.69, 9.17) is 20.2 Å². The summed E-state index contributed by atoms with van der Waals surface area (Å²) in [5, 5.41) is 15.3. The lowest BCUT2D eigenvalue weighted by Gasteiger charge is -2.30. The van der Waals surface area contributed by atoms with Gasteiger partial charge in [-0.15, -0.1) is 4.36 Å². The summed E-state index contributed by atoms with van der Waals surface area (Å²) in [7, 11) is -0.693. The largest absolute Gasteiger partial charge is 0.326 e. The monoisotopic (exact) mass is 1120 g/mol. The first-order valence-corrected chi connectivity index (χ1v) is 29.6. The molecular formula is C58H65F4N17OS. The van der Waals surface area contributed by atoms with Crippen LogP contribution in [0.5, 0.6) is 0 Å². The van der Waals surface area contributed by atoms with E-state index in [9.17, 15) is 4.21 Å². The van der Waals surface area contributed by atoms with Crippen molar-refractivity contribution >= 4 is 55.3 Å². The van der Waals surface area contributed by atoms with Gasteiger partial charge in [0.05, 0.1) is 32.7 Å². The average molecular weight is 1120 g/mol. The maximum absolute atomic E-state index is 17.0. The minimum absolute atomic E-state index is 0.0278. The SMILES string of the molecule is Cc1nc2c(F)cc(-c3nc(Nc4ccc5c(n4)CCN(CCS(C)(=O)=NC#N)C5)nc(CN(C)CCN4CCc5nc(Nc6ncc(F)c(-c7cc(F)c8nc(C)n([C@H]9CC[C@H](C)CC9)c8c7)n6)ccc5C4)c3F)cc2n1C(C)C. The molecule has 2 aliphatic heterocycles. The number of nitrogens with zero attached hydrogens (tertiary/aromatic N) is 15. The Morgan fingerprint density at radius 3 is 2.00 bits per heavy atom. The molecule has 2 aromatic carbocycles. The van der Waals surface area contributed by atoms with E-state index in [0.717, 1.165) is 60.2 Å². The van der Waals surface area contributed by atoms with Crippen molar-refractivity contribution in [3.05, 3.63) is 118 Å². The lowest BCUT2D eigenvalue weighted by atomic mass is 9.87. The highest BCUT2D eigenvalue weighted by Crippen LogP contribution is 2.38. The fraction of sp³-hybridized carbons (Fsp3) is 0.431. The van der Waals surface area contributed by atoms with Crippen LogP contribution in [0, 0.1) is 54.5 Å². The smallest absolute Gasteiger partial charge is 0.229 e. The van der Waals surface area contributed by atoms with Gasteiger partial charge in [-0.05, 0) is 114 Å². The molecule has 0 saturated heterocycles. The molecule has 0 amide bonds. The van der Waals surface area contributed by atoms with E-state index < -0.39 is 33.0 Å². The van der Waals surface area contributed by atoms with Crippen molar-refractivity contribution in [2.75, 3.05) is 62.4 Å². The summed E-state index contributed by atoms with van der Waals surface area (Å²) >= 11 is 0. The Labute approximate surface area is 468 Å². The number of hydrogen-bond donors (Lipinski definition) is 2. The Morgan fingerprint density at radius 1 is 0.753 bits per heavy atom. The van der Waals surface area contributed by atoms with Crippen LogP contribution in [0.3, 0.4) is 0 Å². The molecule has 0 radical (unpaired) electrons. The summed E-state index contributed by atoms with van der Waals surface area (Å²) in [5.41, 5.74) is 6.02. The van der Waals surface area contributed by atoms with Crippen molar-refractivity contribution < 1.29 is 21.8 Å². The molecule has 3 aliphatic rings. The third-order valence-electron chi connectivity index (χ3n) is 15.9. The van der Waals surface area contributed by atoms with Gasteiger partial charge in [-0.2, -0.15) is 5.26 Å². The van der Waals surface area contributed by atoms with Crippen LogP contribution in [0.15, 0.2) is 59.1 Å². The molecule has 6 aromatic heterocycles. The number of halogens is 4. The van der Waals surface area contributed by atoms with Gasteiger partial charge in [-0.25, -0.2) is 61.6 Å². The first-order chi connectivity index (χ1) is 38.9. The zero-order valence-corrected chi connectivity index (χ0v) is 47.4. The lowest BCUT2D eigenvalue weighted by molar-refractivity contribution is 0.205. The van der Waals surface area contributed by atoms with E-state index in [0.29, 0.717) is 98.6 Å². The number of nitriles is 1. The second kappa shape index (κ2) is 22.8. The highest BCUT2D eigenvalue weighted by atomic mass is 32.2. The molecule has 422 valence electrons. The van der Waals surface area contributed by atoms with Gasteiger partial charge in [-0.1, -0.05) is 19.1 Å². The quantitative estimate of drug-likeness (QED) is 0.0683. The van der Waals surface area contributed by atoms with Crippen molar-refractivity contribution in [3.8, 4) is 28.7 Å². The first-order valence-electron chi connectivity index (χ1n) is 27.6. The summed E-state index contributed by atoms with van der Waals surface area (Å²) in [6.45, 7) is 14.4. The van der Waals surface area contributed by atoms with E-state index in [-0.39, 0.29) is 70.0 Å². The number of imidazole rings is 2. The standard InChI is InChI=1S/C58H65F4N17OS/c1-33(2)78-35(4)66-55-43(60)25-40(27-48(55)78)54-52(62)47(70-58(74-54)72-51-15-11-38-30-77(19-17-46(38)69-51)22-23-81(7,80)65-32-63)31-75(6)20-21-76-18-16-45-37(29-76)10-14-50(68-45)71-57-64-28-44(61)53(73-57)39-24-42(59)56-49(26-39)79(36(5)67-56)41-12-8-34(3)9-13-41/h10-11,14-15,24-28,33-34,41H,8-9,12-13,16-23,29-31H2,1-7H3,(H,64,68,71,73)(H,69,70,72,74)/t34-,41-,81?. The van der Waals surface area contributed by atoms with Crippen LogP contribution >= 0.6 is 0 Å². The molecule has 81 heavy (non-hydrogen) atoms. The minimum Gasteiger partial charge on any atom is -0.326 e. The first kappa shape index (κ1) is 55.4. The number of nitrogens with one attached hydrogen (secondary N) is 2. The maximum atomic E-state index is 17.0. The van der Waals surface area contributed by atoms with Crippen molar-refractivity contribution in [1.82, 2.24) is 63.7 Å². The second-order valence-corrected chi connectivity index (χ2v) is 24.8. The van der Waals surface area contributed by atoms with Crippen molar-refractivity contribution in [1.29, 1.82) is 5.26 Å². The Hall–Kier alpha value is -7.52. The van der Waals surface area contributed by atoms with E-state index in [1.807, 2.05) is 68.5 Å². The molecule has 1 atom stereocenters. The molecule has 8 aromatic rings. The van der Waals surface area contributed by atoms with Gasteiger partial charge in [0.2, 0.25) is 18.1 Å². The molecule has 1 saturated carbocycles. The molecule has 23 heteroatoms. The summed E-state index contributed by atoms with van der Waals surface area (Å²) in [6.07, 6.45) is 9.64. The Morgan fingerprint density at radius 2 is 1.35 bits per heavy atom. The van der Waals surface area contributed by atoms with E-state index in [1.165, 1.54) is 18.4 Å². The number of aryl methyl sites for hydroxylation is 2. The number of aromatic nitrogens is 10. The van der Waals surface area contributed by atoms with Gasteiger partial charge >= 0.3 is 0 Å². The minimum atomic E-state index is -2.59. The molecule has 8 heterocycles. The molecule has 0 bridgehead atoms. The topological polar surface area (TPSA) is 200 Å². The number of fused-ring (bicyclic) bond motifs is 4. The van der Waals surface area contributed by atoms with Crippen LogP contribution in [0.1, 0.15) is 98.4 Å². The van der Waals surface area contributed by atoms with E-state index in [1.54, 1.807) is 18.3 Å². The molecular weight excluding hydrogens is 1060 g/mol. The number of rotatable bonds is 16. The number of hydrogen-bond acceptors (Lipinski definition) is 16. The zero-order chi connectivity index (χ0) is 56.9. The highest BCUT2D eigenvalue weighted by Gasteiger charge is 2.28. The van der Waals surface area contributed by atoms with Gasteiger partial charge in [0, 0.05) is 112 Å². The summed E-state index contributed by atoms with van der Waals surface area (Å²) in [6, 6.07) is 13.8. The summed E-state index contributed by atoms with van der Waals surface area (Å²) < 4.78 is 84.4. The van der Waals surface area contributed by atoms with Gasteiger partial charge in [-0.3, -0.25) is 14.7 Å². The summed E-state index contributed by atoms with van der Waals surface area (Å²) in [4.78, 5) is 43.4. The number of anilines is 4. The second-order valence-electron chi connectivity index (χ2n) is 22.3. The zero-order valence-electron chi connectivity index (χ0n) is 46.6. The maximum Gasteiger partial charge on any atom is 0.229 e. The molecule has 1 fully saturated rings. The molecule has 0 spiro atoms. The molecule has 2 N–H and O–H groups in total. The number of likely N-dealkylation sites (N-methyl/N-ethyl adjacent to an activating group) is 1. The van der Waals surface area contributed by atoms with Crippen LogP contribution < -0.4 is 10.6 Å². The van der Waals surface area contributed by atoms with E-state index >= 15 is 17.6 Å². The van der Waals surface area contributed by atoms with Gasteiger partial charge in [0.25, 0.3) is 0 Å². The van der Waals surface area contributed by atoms with Crippen molar-refractivity contribution in [2.45, 2.75) is 105 Å². The summed E-state index contributed by atoms with van der Waals surface area (Å²) in [5.74, 6) is 1.02. The van der Waals surface area contributed by atoms with Gasteiger partial charge in [0.15, 0.2) is 23.3 Å². The predicted molar refractivity (Wildman–Crippen MR) is 304 cm³/mol. The number of pyridine rings is 2. The normalized spacial score (nSPS) is 17.6. The van der Waals surface area contributed by atoms with Gasteiger partial charge < -0.3 is 19.8 Å². The third-order valence-corrected chi connectivity index (χ3v) is 17.3. The Kier molecular flexibility index (Phi) is 15.6. The lowest BCUT2D eigenvalue weighted by Crippen LogP contribution is -2.37. The Balaban J connectivity index is 0.776. The van der Waals surface area contributed by atoms with Crippen LogP contribution in [0.4, 0.5) is 41.1 Å². The molecule has 11 rings (SSSR count). The van der Waals surface area contributed by atoms with Crippen molar-refractivity contribution in [3.63, 3.8) is 0 Å². The molecule has 18 nitrogen and oxygen atoms in total. The fourth-order valence-electron chi connectivity index (χ4n) is 11.7. The average Bonchev–Trinajstić information content (AvgIpc) is 4.21. The van der Waals surface area contributed by atoms with Gasteiger partial charge in [0.1, 0.15) is 45.7 Å². The van der Waals surface area contributed by atoms with Crippen LogP contribution in [-0.2, 0) is 42.2 Å². The molecule has 1 unspecified atom stereocenters. The van der Waals surface area contributed by atoms with Crippen LogP contribution in [-0.4, -0.2) is 120 Å². The third kappa shape index (κ3) is 11.8. The van der Waals surface area contributed by atoms with Crippen LogP contribution in [0.25, 0.3) is 44.6 Å². The van der Waals surface area contributed by atoms with E-state index in [2.05, 4.69) is 61.2 Å².